The first-order chi connectivity index (χ1) is 14.2. The van der Waals surface area contributed by atoms with E-state index in [0.29, 0.717) is 5.13 Å². The number of aryl methyl sites for hydroxylation is 2. The minimum absolute atomic E-state index is 0.114. The Balaban J connectivity index is 1.69. The number of nitrogens with zero attached hydrogens (tertiary/aromatic N) is 1. The first-order valence-electron chi connectivity index (χ1n) is 9.89. The van der Waals surface area contributed by atoms with Gasteiger partial charge in [0.2, 0.25) is 5.91 Å². The molecule has 30 heavy (non-hydrogen) atoms. The lowest BCUT2D eigenvalue weighted by Gasteiger charge is -2.18. The van der Waals surface area contributed by atoms with Gasteiger partial charge >= 0.3 is 0 Å². The Morgan fingerprint density at radius 2 is 1.80 bits per heavy atom. The van der Waals surface area contributed by atoms with Crippen LogP contribution in [0.5, 0.6) is 5.75 Å². The number of hydrogen-bond acceptors (Lipinski definition) is 4. The Morgan fingerprint density at radius 3 is 2.40 bits per heavy atom. The lowest BCUT2D eigenvalue weighted by atomic mass is 9.87. The van der Waals surface area contributed by atoms with Gasteiger partial charge in [0.1, 0.15) is 5.75 Å². The van der Waals surface area contributed by atoms with Crippen molar-refractivity contribution in [3.05, 3.63) is 70.1 Å². The number of carbonyl (C=O) groups excluding carboxylic acids is 1. The van der Waals surface area contributed by atoms with Gasteiger partial charge in [-0.25, -0.2) is 4.98 Å². The first-order valence-corrected chi connectivity index (χ1v) is 10.7. The molecular weight excluding hydrogens is 392 g/mol. The van der Waals surface area contributed by atoms with Crippen LogP contribution in [-0.4, -0.2) is 18.0 Å². The van der Waals surface area contributed by atoms with Gasteiger partial charge in [-0.15, -0.1) is 11.3 Å². The van der Waals surface area contributed by atoms with Crippen LogP contribution in [0, 0.1) is 13.8 Å². The number of rotatable bonds is 5. The largest absolute Gasteiger partial charge is 0.496 e. The average Bonchev–Trinajstić information content (AvgIpc) is 3.06. The number of benzene rings is 2. The van der Waals surface area contributed by atoms with E-state index in [1.807, 2.05) is 50.3 Å². The molecule has 3 rings (SSSR count). The second-order valence-electron chi connectivity index (χ2n) is 8.30. The number of ether oxygens (including phenoxy) is 1. The van der Waals surface area contributed by atoms with E-state index in [4.69, 9.17) is 4.74 Å². The van der Waals surface area contributed by atoms with Crippen molar-refractivity contribution in [2.24, 2.45) is 0 Å². The predicted molar refractivity (Wildman–Crippen MR) is 126 cm³/mol. The summed E-state index contributed by atoms with van der Waals surface area (Å²) in [5.41, 5.74) is 5.31. The molecule has 1 amide bonds. The molecule has 0 aliphatic rings. The van der Waals surface area contributed by atoms with Crippen LogP contribution < -0.4 is 10.1 Å². The van der Waals surface area contributed by atoms with Crippen LogP contribution in [-0.2, 0) is 10.2 Å². The molecule has 4 nitrogen and oxygen atoms in total. The Kier molecular flexibility index (Phi) is 6.42. The number of methoxy groups -OCH3 is 1. The molecular formula is C25H28N2O2S. The average molecular weight is 421 g/mol. The molecule has 156 valence electrons. The van der Waals surface area contributed by atoms with Crippen molar-refractivity contribution in [3.63, 3.8) is 0 Å². The molecule has 0 saturated carbocycles. The number of thiazole rings is 1. The zero-order valence-electron chi connectivity index (χ0n) is 18.4. The molecule has 0 saturated heterocycles. The van der Waals surface area contributed by atoms with E-state index in [1.54, 1.807) is 13.2 Å². The summed E-state index contributed by atoms with van der Waals surface area (Å²) < 4.78 is 5.33. The summed E-state index contributed by atoms with van der Waals surface area (Å²) in [6, 6.07) is 14.2. The highest BCUT2D eigenvalue weighted by molar-refractivity contribution is 7.16. The molecule has 0 fully saturated rings. The van der Waals surface area contributed by atoms with Gasteiger partial charge in [-0.05, 0) is 60.2 Å². The summed E-state index contributed by atoms with van der Waals surface area (Å²) in [4.78, 5) is 18.0. The summed E-state index contributed by atoms with van der Waals surface area (Å²) in [5, 5.41) is 3.46. The smallest absolute Gasteiger partial charge is 0.250 e. The van der Waals surface area contributed by atoms with E-state index in [9.17, 15) is 4.79 Å². The first kappa shape index (κ1) is 21.8. The molecule has 3 aromatic rings. The molecule has 0 unspecified atom stereocenters. The SMILES string of the molecule is COc1ccc(-c2nc(NC(=O)/C=C/c3ccc(C(C)(C)C)cc3)sc2C)cc1C. The highest BCUT2D eigenvalue weighted by Gasteiger charge is 2.13. The number of amides is 1. The lowest BCUT2D eigenvalue weighted by Crippen LogP contribution is -2.10. The Labute approximate surface area is 182 Å². The Bertz CT molecular complexity index is 1070. The maximum Gasteiger partial charge on any atom is 0.250 e. The second kappa shape index (κ2) is 8.84. The molecule has 1 aromatic heterocycles. The molecule has 5 heteroatoms. The van der Waals surface area contributed by atoms with Crippen LogP contribution in [0.15, 0.2) is 48.5 Å². The molecule has 2 aromatic carbocycles. The van der Waals surface area contributed by atoms with Crippen LogP contribution in [0.3, 0.4) is 0 Å². The van der Waals surface area contributed by atoms with E-state index in [-0.39, 0.29) is 11.3 Å². The highest BCUT2D eigenvalue weighted by Crippen LogP contribution is 2.32. The molecule has 1 N–H and O–H groups in total. The van der Waals surface area contributed by atoms with Gasteiger partial charge in [-0.1, -0.05) is 45.0 Å². The van der Waals surface area contributed by atoms with Gasteiger partial charge in [0.05, 0.1) is 12.8 Å². The number of anilines is 1. The van der Waals surface area contributed by atoms with Crippen molar-refractivity contribution >= 4 is 28.5 Å². The number of carbonyl (C=O) groups is 1. The minimum Gasteiger partial charge on any atom is -0.496 e. The molecule has 0 radical (unpaired) electrons. The standard InChI is InChI=1S/C25H28N2O2S/c1-16-15-19(10-13-21(16)29-6)23-17(2)30-24(27-23)26-22(28)14-9-18-7-11-20(12-8-18)25(3,4)5/h7-15H,1-6H3,(H,26,27,28)/b14-9+. The maximum atomic E-state index is 12.4. The third kappa shape index (κ3) is 5.16. The molecule has 0 atom stereocenters. The van der Waals surface area contributed by atoms with Gasteiger partial charge in [0, 0.05) is 16.5 Å². The predicted octanol–water partition coefficient (Wildman–Crippen LogP) is 6.38. The van der Waals surface area contributed by atoms with E-state index in [2.05, 4.69) is 43.2 Å². The van der Waals surface area contributed by atoms with E-state index >= 15 is 0 Å². The second-order valence-corrected chi connectivity index (χ2v) is 9.51. The summed E-state index contributed by atoms with van der Waals surface area (Å²) in [5.74, 6) is 0.655. The fraction of sp³-hybridized carbons (Fsp3) is 0.280. The van der Waals surface area contributed by atoms with E-state index < -0.39 is 0 Å². The fourth-order valence-electron chi connectivity index (χ4n) is 3.16. The zero-order chi connectivity index (χ0) is 21.9. The summed E-state index contributed by atoms with van der Waals surface area (Å²) >= 11 is 1.47. The van der Waals surface area contributed by atoms with Crippen LogP contribution in [0.2, 0.25) is 0 Å². The summed E-state index contributed by atoms with van der Waals surface area (Å²) in [6.07, 6.45) is 3.36. The fourth-order valence-corrected chi connectivity index (χ4v) is 4.00. The number of nitrogens with one attached hydrogen (secondary N) is 1. The van der Waals surface area contributed by atoms with Crippen molar-refractivity contribution in [3.8, 4) is 17.0 Å². The van der Waals surface area contributed by atoms with Gasteiger partial charge in [-0.2, -0.15) is 0 Å². The van der Waals surface area contributed by atoms with Crippen molar-refractivity contribution in [2.45, 2.75) is 40.0 Å². The Morgan fingerprint density at radius 1 is 1.10 bits per heavy atom. The van der Waals surface area contributed by atoms with Crippen LogP contribution in [0.4, 0.5) is 5.13 Å². The normalized spacial score (nSPS) is 11.7. The third-order valence-corrected chi connectivity index (χ3v) is 5.79. The minimum atomic E-state index is -0.193. The molecule has 0 aliphatic heterocycles. The summed E-state index contributed by atoms with van der Waals surface area (Å²) in [7, 11) is 1.66. The lowest BCUT2D eigenvalue weighted by molar-refractivity contribution is -0.111. The number of hydrogen-bond donors (Lipinski definition) is 1. The van der Waals surface area contributed by atoms with Gasteiger partial charge in [0.15, 0.2) is 5.13 Å². The van der Waals surface area contributed by atoms with Crippen LogP contribution in [0.25, 0.3) is 17.3 Å². The van der Waals surface area contributed by atoms with E-state index in [0.717, 1.165) is 33.0 Å². The molecule has 1 heterocycles. The van der Waals surface area contributed by atoms with E-state index in [1.165, 1.54) is 16.9 Å². The van der Waals surface area contributed by atoms with Gasteiger partial charge < -0.3 is 4.74 Å². The topological polar surface area (TPSA) is 51.2 Å². The molecule has 0 aliphatic carbocycles. The van der Waals surface area contributed by atoms with Crippen LogP contribution >= 0.6 is 11.3 Å². The molecule has 0 spiro atoms. The zero-order valence-corrected chi connectivity index (χ0v) is 19.2. The number of aromatic nitrogens is 1. The van der Waals surface area contributed by atoms with Crippen molar-refractivity contribution in [2.75, 3.05) is 12.4 Å². The third-order valence-electron chi connectivity index (χ3n) is 4.90. The van der Waals surface area contributed by atoms with Crippen molar-refractivity contribution in [1.82, 2.24) is 4.98 Å². The van der Waals surface area contributed by atoms with Gasteiger partial charge in [0.25, 0.3) is 0 Å². The van der Waals surface area contributed by atoms with Gasteiger partial charge in [-0.3, -0.25) is 10.1 Å². The van der Waals surface area contributed by atoms with Crippen molar-refractivity contribution < 1.29 is 9.53 Å². The molecule has 0 bridgehead atoms. The quantitative estimate of drug-likeness (QED) is 0.487. The summed E-state index contributed by atoms with van der Waals surface area (Å²) in [6.45, 7) is 10.6. The van der Waals surface area contributed by atoms with Crippen molar-refractivity contribution in [1.29, 1.82) is 0 Å². The van der Waals surface area contributed by atoms with Crippen LogP contribution in [0.1, 0.15) is 42.3 Å². The maximum absolute atomic E-state index is 12.4. The monoisotopic (exact) mass is 420 g/mol. The Hall–Kier alpha value is -2.92. The highest BCUT2D eigenvalue weighted by atomic mass is 32.1.